The minimum atomic E-state index is -4.09. The fraction of sp³-hybridized carbons (Fsp3) is 0.125. The molecule has 0 amide bonds. The molecule has 8 heteroatoms. The van der Waals surface area contributed by atoms with Crippen LogP contribution < -0.4 is 0 Å². The molecule has 84 valence electrons. The van der Waals surface area contributed by atoms with Gasteiger partial charge in [0.25, 0.3) is 14.7 Å². The van der Waals surface area contributed by atoms with Gasteiger partial charge in [-0.15, -0.1) is 0 Å². The molecular formula is C8H5ClN2O4S. The Balaban J connectivity index is 3.68. The Hall–Kier alpha value is -1.65. The molecule has 1 aromatic carbocycles. The average molecular weight is 261 g/mol. The monoisotopic (exact) mass is 260 g/mol. The normalized spacial score (nSPS) is 10.8. The maximum atomic E-state index is 11.0. The van der Waals surface area contributed by atoms with E-state index in [-0.39, 0.29) is 11.1 Å². The molecule has 0 heterocycles. The van der Waals surface area contributed by atoms with Crippen molar-refractivity contribution in [3.05, 3.63) is 33.4 Å². The minimum absolute atomic E-state index is 0.0894. The second-order valence-corrected chi connectivity index (χ2v) is 5.49. The molecule has 6 nitrogen and oxygen atoms in total. The smallest absolute Gasteiger partial charge is 0.258 e. The molecule has 0 atom stereocenters. The lowest BCUT2D eigenvalue weighted by atomic mass is 10.1. The van der Waals surface area contributed by atoms with Crippen molar-refractivity contribution in [2.75, 3.05) is 0 Å². The third-order valence-electron chi connectivity index (χ3n) is 1.95. The average Bonchev–Trinajstić information content (AvgIpc) is 2.15. The number of halogens is 1. The molecule has 0 unspecified atom stereocenters. The Morgan fingerprint density at radius 3 is 2.44 bits per heavy atom. The highest BCUT2D eigenvalue weighted by Gasteiger charge is 2.21. The van der Waals surface area contributed by atoms with E-state index in [0.29, 0.717) is 0 Å². The second-order valence-electron chi connectivity index (χ2n) is 2.92. The maximum absolute atomic E-state index is 11.0. The number of hydrogen-bond acceptors (Lipinski definition) is 5. The van der Waals surface area contributed by atoms with Gasteiger partial charge in [0.2, 0.25) is 0 Å². The standard InChI is InChI=1S/C8H5ClN2O4S/c1-5-6(4-10)2-7(16(9,14)15)3-8(5)11(12)13/h2-3H,1H3. The zero-order valence-electron chi connectivity index (χ0n) is 7.97. The molecule has 0 saturated heterocycles. The molecule has 0 fully saturated rings. The summed E-state index contributed by atoms with van der Waals surface area (Å²) in [6.07, 6.45) is 0. The van der Waals surface area contributed by atoms with Crippen molar-refractivity contribution in [1.29, 1.82) is 5.26 Å². The van der Waals surface area contributed by atoms with E-state index in [2.05, 4.69) is 0 Å². The fourth-order valence-electron chi connectivity index (χ4n) is 1.12. The molecule has 1 rings (SSSR count). The molecule has 0 spiro atoms. The van der Waals surface area contributed by atoms with Crippen LogP contribution in [-0.4, -0.2) is 13.3 Å². The Morgan fingerprint density at radius 2 is 2.06 bits per heavy atom. The number of nitro benzene ring substituents is 1. The highest BCUT2D eigenvalue weighted by atomic mass is 35.7. The van der Waals surface area contributed by atoms with Crippen molar-refractivity contribution >= 4 is 25.4 Å². The Kier molecular flexibility index (Phi) is 3.16. The van der Waals surface area contributed by atoms with Crippen LogP contribution in [0.2, 0.25) is 0 Å². The van der Waals surface area contributed by atoms with E-state index in [1.165, 1.54) is 6.92 Å². The van der Waals surface area contributed by atoms with Crippen LogP contribution in [-0.2, 0) is 9.05 Å². The Bertz CT molecular complexity index is 603. The molecule has 0 aromatic heterocycles. The lowest BCUT2D eigenvalue weighted by Crippen LogP contribution is -1.99. The lowest BCUT2D eigenvalue weighted by Gasteiger charge is -2.02. The van der Waals surface area contributed by atoms with E-state index in [1.807, 2.05) is 0 Å². The fourth-order valence-corrected chi connectivity index (χ4v) is 1.90. The van der Waals surface area contributed by atoms with Gasteiger partial charge in [0.15, 0.2) is 0 Å². The molecule has 0 bridgehead atoms. The van der Waals surface area contributed by atoms with Crippen LogP contribution in [0, 0.1) is 28.4 Å². The van der Waals surface area contributed by atoms with Gasteiger partial charge in [-0.25, -0.2) is 8.42 Å². The minimum Gasteiger partial charge on any atom is -0.258 e. The summed E-state index contributed by atoms with van der Waals surface area (Å²) in [4.78, 5) is 9.41. The third-order valence-corrected chi connectivity index (χ3v) is 3.29. The van der Waals surface area contributed by atoms with Crippen molar-refractivity contribution < 1.29 is 13.3 Å². The first-order valence-corrected chi connectivity index (χ1v) is 6.22. The summed E-state index contributed by atoms with van der Waals surface area (Å²) in [5.74, 6) is 0. The molecule has 0 saturated carbocycles. The topological polar surface area (TPSA) is 101 Å². The summed E-state index contributed by atoms with van der Waals surface area (Å²) in [7, 11) is 0.965. The summed E-state index contributed by atoms with van der Waals surface area (Å²) in [6, 6.07) is 3.51. The molecule has 1 aromatic rings. The number of benzene rings is 1. The number of rotatable bonds is 2. The van der Waals surface area contributed by atoms with E-state index in [9.17, 15) is 18.5 Å². The van der Waals surface area contributed by atoms with Crippen LogP contribution in [0.15, 0.2) is 17.0 Å². The summed E-state index contributed by atoms with van der Waals surface area (Å²) in [5, 5.41) is 19.3. The highest BCUT2D eigenvalue weighted by Crippen LogP contribution is 2.27. The van der Waals surface area contributed by atoms with Crippen molar-refractivity contribution in [2.45, 2.75) is 11.8 Å². The van der Waals surface area contributed by atoms with E-state index in [4.69, 9.17) is 15.9 Å². The summed E-state index contributed by atoms with van der Waals surface area (Å²) in [5.41, 5.74) is -0.428. The van der Waals surface area contributed by atoms with E-state index in [1.54, 1.807) is 6.07 Å². The molecule has 0 aliphatic heterocycles. The zero-order chi connectivity index (χ0) is 12.5. The van der Waals surface area contributed by atoms with Gasteiger partial charge < -0.3 is 0 Å². The lowest BCUT2D eigenvalue weighted by molar-refractivity contribution is -0.385. The van der Waals surface area contributed by atoms with Gasteiger partial charge in [-0.2, -0.15) is 5.26 Å². The first-order valence-electron chi connectivity index (χ1n) is 3.91. The van der Waals surface area contributed by atoms with Gasteiger partial charge >= 0.3 is 0 Å². The van der Waals surface area contributed by atoms with Gasteiger partial charge in [-0.3, -0.25) is 10.1 Å². The van der Waals surface area contributed by atoms with E-state index >= 15 is 0 Å². The number of nitriles is 1. The van der Waals surface area contributed by atoms with Crippen LogP contribution in [0.4, 0.5) is 5.69 Å². The predicted octanol–water partition coefficient (Wildman–Crippen LogP) is 1.70. The van der Waals surface area contributed by atoms with E-state index in [0.717, 1.165) is 12.1 Å². The van der Waals surface area contributed by atoms with Crippen molar-refractivity contribution in [3.8, 4) is 6.07 Å². The van der Waals surface area contributed by atoms with Gasteiger partial charge in [0, 0.05) is 22.3 Å². The summed E-state index contributed by atoms with van der Waals surface area (Å²) >= 11 is 0. The third kappa shape index (κ3) is 2.29. The SMILES string of the molecule is Cc1c(C#N)cc(S(=O)(=O)Cl)cc1[N+](=O)[O-]. The van der Waals surface area contributed by atoms with E-state index < -0.39 is 24.6 Å². The number of nitro groups is 1. The first-order chi connectivity index (χ1) is 7.27. The Labute approximate surface area is 95.6 Å². The molecule has 0 aliphatic rings. The van der Waals surface area contributed by atoms with Gasteiger partial charge in [0.1, 0.15) is 0 Å². The summed E-state index contributed by atoms with van der Waals surface area (Å²) in [6.45, 7) is 1.36. The van der Waals surface area contributed by atoms with Gasteiger partial charge in [-0.1, -0.05) is 0 Å². The van der Waals surface area contributed by atoms with Crippen LogP contribution in [0.25, 0.3) is 0 Å². The second kappa shape index (κ2) is 4.08. The molecule has 16 heavy (non-hydrogen) atoms. The predicted molar refractivity (Wildman–Crippen MR) is 55.6 cm³/mol. The number of nitrogens with zero attached hydrogens (tertiary/aromatic N) is 2. The molecule has 0 N–H and O–H groups in total. The quantitative estimate of drug-likeness (QED) is 0.457. The van der Waals surface area contributed by atoms with Crippen LogP contribution in [0.5, 0.6) is 0 Å². The highest BCUT2D eigenvalue weighted by molar-refractivity contribution is 8.13. The summed E-state index contributed by atoms with van der Waals surface area (Å²) < 4.78 is 22.0. The van der Waals surface area contributed by atoms with Crippen LogP contribution in [0.3, 0.4) is 0 Å². The molecule has 0 radical (unpaired) electrons. The van der Waals surface area contributed by atoms with Crippen molar-refractivity contribution in [1.82, 2.24) is 0 Å². The van der Waals surface area contributed by atoms with Gasteiger partial charge in [-0.05, 0) is 13.0 Å². The van der Waals surface area contributed by atoms with Gasteiger partial charge in [0.05, 0.1) is 21.5 Å². The first kappa shape index (κ1) is 12.4. The van der Waals surface area contributed by atoms with Crippen LogP contribution >= 0.6 is 10.7 Å². The number of hydrogen-bond donors (Lipinski definition) is 0. The van der Waals surface area contributed by atoms with Crippen molar-refractivity contribution in [2.24, 2.45) is 0 Å². The van der Waals surface area contributed by atoms with Crippen molar-refractivity contribution in [3.63, 3.8) is 0 Å². The molecule has 0 aliphatic carbocycles. The molecular weight excluding hydrogens is 256 g/mol. The van der Waals surface area contributed by atoms with Crippen LogP contribution in [0.1, 0.15) is 11.1 Å². The largest absolute Gasteiger partial charge is 0.274 e. The Morgan fingerprint density at radius 1 is 1.50 bits per heavy atom. The zero-order valence-corrected chi connectivity index (χ0v) is 9.54. The maximum Gasteiger partial charge on any atom is 0.274 e.